The van der Waals surface area contributed by atoms with Crippen molar-refractivity contribution in [3.8, 4) is 0 Å². The normalized spacial score (nSPS) is 9.81. The average molecular weight is 346 g/mol. The predicted molar refractivity (Wildman–Crippen MR) is 86.2 cm³/mol. The van der Waals surface area contributed by atoms with Gasteiger partial charge in [-0.3, -0.25) is 9.59 Å². The minimum absolute atomic E-state index is 0.156. The van der Waals surface area contributed by atoms with E-state index >= 15 is 0 Å². The molecule has 128 valence electrons. The summed E-state index contributed by atoms with van der Waals surface area (Å²) in [6, 6.07) is 0. The van der Waals surface area contributed by atoms with Crippen LogP contribution in [0.25, 0.3) is 0 Å². The molecule has 0 aliphatic carbocycles. The van der Waals surface area contributed by atoms with Gasteiger partial charge in [-0.15, -0.1) is 0 Å². The molecule has 0 atom stereocenters. The largest absolute Gasteiger partial charge is 0.481 e. The quantitative estimate of drug-likeness (QED) is 0.311. The van der Waals surface area contributed by atoms with Gasteiger partial charge in [0, 0.05) is 16.9 Å². The van der Waals surface area contributed by atoms with Crippen LogP contribution in [0.2, 0.25) is 0 Å². The molecule has 0 aromatic heterocycles. The van der Waals surface area contributed by atoms with Gasteiger partial charge in [0.05, 0.1) is 32.7 Å². The number of carboxylic acids is 2. The van der Waals surface area contributed by atoms with Crippen LogP contribution in [0, 0.1) is 5.41 Å². The second-order valence-corrected chi connectivity index (χ2v) is 4.96. The number of aliphatic hydroxyl groups is 3. The van der Waals surface area contributed by atoms with Gasteiger partial charge in [-0.25, -0.2) is 0 Å². The van der Waals surface area contributed by atoms with Gasteiger partial charge in [0.25, 0.3) is 0 Å². The lowest BCUT2D eigenvalue weighted by atomic mass is 9.88. The lowest BCUT2D eigenvalue weighted by Crippen LogP contribution is -2.32. The minimum Gasteiger partial charge on any atom is -0.481 e. The van der Waals surface area contributed by atoms with Crippen LogP contribution in [0.15, 0.2) is 0 Å². The molecule has 0 unspecified atom stereocenters. The Hall–Kier alpha value is -0.480. The Kier molecular flexibility index (Phi) is 21.3. The molecule has 0 aromatic carbocycles. The molecule has 0 heterocycles. The van der Waals surface area contributed by atoms with Crippen molar-refractivity contribution in [2.24, 2.45) is 5.41 Å². The van der Waals surface area contributed by atoms with Crippen molar-refractivity contribution in [1.29, 1.82) is 0 Å². The fraction of sp³-hybridized carbons (Fsp3) is 0.833. The van der Waals surface area contributed by atoms with E-state index in [-0.39, 0.29) is 32.7 Å². The number of aliphatic carboxylic acids is 2. The summed E-state index contributed by atoms with van der Waals surface area (Å²) in [4.78, 5) is 19.1. The molecular formula is C12H26O7S2. The molecule has 0 aliphatic heterocycles. The van der Waals surface area contributed by atoms with Crippen molar-refractivity contribution in [3.05, 3.63) is 0 Å². The van der Waals surface area contributed by atoms with Gasteiger partial charge in [-0.05, 0) is 6.42 Å². The van der Waals surface area contributed by atoms with E-state index in [0.29, 0.717) is 17.9 Å². The van der Waals surface area contributed by atoms with Gasteiger partial charge in [-0.2, -0.15) is 25.3 Å². The fourth-order valence-corrected chi connectivity index (χ4v) is 1.06. The molecule has 0 aliphatic rings. The number of thiol groups is 2. The Morgan fingerprint density at radius 2 is 1.14 bits per heavy atom. The van der Waals surface area contributed by atoms with Crippen molar-refractivity contribution >= 4 is 37.2 Å². The summed E-state index contributed by atoms with van der Waals surface area (Å²) < 4.78 is 0. The lowest BCUT2D eigenvalue weighted by molar-refractivity contribution is -0.137. The number of hydrogen-bond acceptors (Lipinski definition) is 7. The summed E-state index contributed by atoms with van der Waals surface area (Å²) in [6.45, 7) is 1.35. The highest BCUT2D eigenvalue weighted by Gasteiger charge is 2.24. The van der Waals surface area contributed by atoms with Crippen molar-refractivity contribution in [2.75, 3.05) is 31.3 Å². The summed E-state index contributed by atoms with van der Waals surface area (Å²) in [6.07, 6.45) is 0.905. The Labute approximate surface area is 135 Å². The number of aliphatic hydroxyl groups excluding tert-OH is 3. The van der Waals surface area contributed by atoms with Gasteiger partial charge in [0.1, 0.15) is 0 Å². The highest BCUT2D eigenvalue weighted by molar-refractivity contribution is 7.80. The highest BCUT2D eigenvalue weighted by Crippen LogP contribution is 2.18. The van der Waals surface area contributed by atoms with Gasteiger partial charge >= 0.3 is 11.9 Å². The van der Waals surface area contributed by atoms with Crippen molar-refractivity contribution < 1.29 is 35.1 Å². The van der Waals surface area contributed by atoms with Gasteiger partial charge in [0.15, 0.2) is 0 Å². The van der Waals surface area contributed by atoms with Crippen LogP contribution in [-0.2, 0) is 9.59 Å². The highest BCUT2D eigenvalue weighted by atomic mass is 32.1. The topological polar surface area (TPSA) is 135 Å². The maximum Gasteiger partial charge on any atom is 0.304 e. The predicted octanol–water partition coefficient (Wildman–Crippen LogP) is 0.141. The first kappa shape index (κ1) is 25.5. The SMILES string of the molecule is CCC(CO)(CO)CO.O=C(O)CCS.O=C(O)CCS. The van der Waals surface area contributed by atoms with Gasteiger partial charge < -0.3 is 25.5 Å². The summed E-state index contributed by atoms with van der Waals surface area (Å²) in [5, 5.41) is 41.7. The van der Waals surface area contributed by atoms with Crippen LogP contribution < -0.4 is 0 Å². The maximum atomic E-state index is 9.55. The standard InChI is InChI=1S/C6H14O3.2C3H6O2S/c1-2-6(3-7,4-8)5-9;2*4-3(5)1-2-6/h7-9H,2-5H2,1H3;2*6H,1-2H2,(H,4,5). The van der Waals surface area contributed by atoms with E-state index in [1.165, 1.54) is 0 Å². The molecule has 21 heavy (non-hydrogen) atoms. The number of rotatable bonds is 8. The average Bonchev–Trinajstić information content (AvgIpc) is 2.43. The summed E-state index contributed by atoms with van der Waals surface area (Å²) >= 11 is 7.36. The number of carboxylic acid groups (broad SMARTS) is 2. The number of hydrogen-bond donors (Lipinski definition) is 7. The minimum atomic E-state index is -0.787. The zero-order chi connectivity index (χ0) is 17.3. The molecule has 0 spiro atoms. The van der Waals surface area contributed by atoms with E-state index in [9.17, 15) is 9.59 Å². The van der Waals surface area contributed by atoms with Gasteiger partial charge in [-0.1, -0.05) is 6.92 Å². The first-order valence-electron chi connectivity index (χ1n) is 6.27. The molecule has 0 radical (unpaired) electrons. The molecule has 0 rings (SSSR count). The Morgan fingerprint density at radius 1 is 0.857 bits per heavy atom. The van der Waals surface area contributed by atoms with E-state index in [1.54, 1.807) is 0 Å². The van der Waals surface area contributed by atoms with Crippen molar-refractivity contribution in [2.45, 2.75) is 26.2 Å². The molecule has 0 fully saturated rings. The maximum absolute atomic E-state index is 9.55. The first-order chi connectivity index (χ1) is 9.78. The zero-order valence-corrected chi connectivity index (χ0v) is 13.9. The molecule has 0 bridgehead atoms. The molecule has 0 saturated heterocycles. The third-order valence-corrected chi connectivity index (χ3v) is 2.85. The molecule has 9 heteroatoms. The second-order valence-electron chi connectivity index (χ2n) is 4.06. The fourth-order valence-electron chi connectivity index (χ4n) is 0.677. The Morgan fingerprint density at radius 3 is 1.14 bits per heavy atom. The monoisotopic (exact) mass is 346 g/mol. The Bertz CT molecular complexity index is 224. The van der Waals surface area contributed by atoms with Crippen molar-refractivity contribution in [1.82, 2.24) is 0 Å². The molecule has 0 aromatic rings. The van der Waals surface area contributed by atoms with Crippen LogP contribution in [0.1, 0.15) is 26.2 Å². The first-order valence-corrected chi connectivity index (χ1v) is 7.53. The van der Waals surface area contributed by atoms with Crippen LogP contribution in [0.3, 0.4) is 0 Å². The van der Waals surface area contributed by atoms with E-state index in [2.05, 4.69) is 25.3 Å². The third kappa shape index (κ3) is 19.5. The third-order valence-electron chi connectivity index (χ3n) is 2.41. The van der Waals surface area contributed by atoms with Crippen LogP contribution >= 0.6 is 25.3 Å². The summed E-state index contributed by atoms with van der Waals surface area (Å²) in [5.74, 6) is -0.722. The number of carbonyl (C=O) groups is 2. The van der Waals surface area contributed by atoms with E-state index in [4.69, 9.17) is 25.5 Å². The van der Waals surface area contributed by atoms with E-state index in [1.807, 2.05) is 6.92 Å². The summed E-state index contributed by atoms with van der Waals surface area (Å²) in [5.41, 5.74) is -0.667. The second kappa shape index (κ2) is 17.6. The zero-order valence-electron chi connectivity index (χ0n) is 12.1. The van der Waals surface area contributed by atoms with Crippen LogP contribution in [0.4, 0.5) is 0 Å². The van der Waals surface area contributed by atoms with Crippen LogP contribution in [-0.4, -0.2) is 68.8 Å². The van der Waals surface area contributed by atoms with Gasteiger partial charge in [0.2, 0.25) is 0 Å². The molecule has 5 N–H and O–H groups in total. The van der Waals surface area contributed by atoms with Crippen LogP contribution in [0.5, 0.6) is 0 Å². The summed E-state index contributed by atoms with van der Waals surface area (Å²) in [7, 11) is 0. The smallest absolute Gasteiger partial charge is 0.304 e. The molecular weight excluding hydrogens is 320 g/mol. The molecule has 7 nitrogen and oxygen atoms in total. The Balaban J connectivity index is -0.000000240. The van der Waals surface area contributed by atoms with E-state index in [0.717, 1.165) is 0 Å². The van der Waals surface area contributed by atoms with Crippen molar-refractivity contribution in [3.63, 3.8) is 0 Å². The molecule has 0 saturated carbocycles. The molecule has 0 amide bonds. The lowest BCUT2D eigenvalue weighted by Gasteiger charge is -2.24. The van der Waals surface area contributed by atoms with E-state index < -0.39 is 17.4 Å².